The first-order valence-corrected chi connectivity index (χ1v) is 14.7. The average molecular weight is 610 g/mol. The second-order valence-electron chi connectivity index (χ2n) is 9.81. The minimum absolute atomic E-state index is 0.0145. The molecule has 0 aliphatic carbocycles. The summed E-state index contributed by atoms with van der Waals surface area (Å²) < 4.78 is 73.7. The van der Waals surface area contributed by atoms with Gasteiger partial charge in [-0.1, -0.05) is 0 Å². The molecule has 0 aromatic carbocycles. The lowest BCUT2D eigenvalue weighted by atomic mass is 10.1. The third kappa shape index (κ3) is 6.35. The predicted molar refractivity (Wildman–Crippen MR) is 145 cm³/mol. The third-order valence-electron chi connectivity index (χ3n) is 6.56. The smallest absolute Gasteiger partial charge is 0.245 e. The van der Waals surface area contributed by atoms with Gasteiger partial charge in [-0.15, -0.1) is 10.2 Å². The molecule has 42 heavy (non-hydrogen) atoms. The van der Waals surface area contributed by atoms with Crippen molar-refractivity contribution >= 4 is 21.9 Å². The van der Waals surface area contributed by atoms with Gasteiger partial charge in [0.2, 0.25) is 33.7 Å². The molecule has 228 valence electrons. The molecule has 3 atom stereocenters. The molecule has 2 aliphatic heterocycles. The largest absolute Gasteiger partial charge is 0.479 e. The molecule has 2 fully saturated rings. The fraction of sp³-hybridized carbons (Fsp3) is 0.583. The third-order valence-corrected chi connectivity index (χ3v) is 8.24. The molecule has 1 N–H and O–H groups in total. The number of hydrogen-bond donors (Lipinski definition) is 1. The monoisotopic (exact) mass is 609 g/mol. The van der Waals surface area contributed by atoms with Gasteiger partial charge in [-0.2, -0.15) is 9.97 Å². The molecule has 0 amide bonds. The first-order valence-electron chi connectivity index (χ1n) is 13.2. The van der Waals surface area contributed by atoms with E-state index < -0.39 is 33.3 Å². The number of aromatic nitrogens is 7. The molecule has 0 saturated carbocycles. The van der Waals surface area contributed by atoms with Gasteiger partial charge in [0, 0.05) is 13.1 Å². The maximum Gasteiger partial charge on any atom is 0.245 e. The summed E-state index contributed by atoms with van der Waals surface area (Å²) in [4.78, 5) is 18.0. The zero-order valence-corrected chi connectivity index (χ0v) is 24.3. The minimum Gasteiger partial charge on any atom is -0.479 e. The van der Waals surface area contributed by atoms with Crippen LogP contribution in [0.2, 0.25) is 0 Å². The first kappa shape index (κ1) is 29.7. The molecule has 2 aliphatic rings. The van der Waals surface area contributed by atoms with Gasteiger partial charge in [0.25, 0.3) is 0 Å². The molecule has 3 aromatic heterocycles. The summed E-state index contributed by atoms with van der Waals surface area (Å²) in [6.45, 7) is 4.93. The Morgan fingerprint density at radius 2 is 1.76 bits per heavy atom. The molecule has 16 nitrogen and oxygen atoms in total. The molecule has 3 aromatic rings. The van der Waals surface area contributed by atoms with E-state index in [0.29, 0.717) is 19.8 Å². The van der Waals surface area contributed by atoms with E-state index in [9.17, 15) is 12.8 Å². The number of nitrogens with zero attached hydrogens (tertiary/aromatic N) is 8. The maximum absolute atomic E-state index is 14.0. The number of piperidine rings is 1. The van der Waals surface area contributed by atoms with Gasteiger partial charge in [0.1, 0.15) is 17.7 Å². The zero-order valence-electron chi connectivity index (χ0n) is 23.5. The Kier molecular flexibility index (Phi) is 8.95. The minimum atomic E-state index is -4.16. The summed E-state index contributed by atoms with van der Waals surface area (Å²) in [5.41, 5.74) is 0.167. The lowest BCUT2D eigenvalue weighted by Crippen LogP contribution is -2.51. The Hall–Kier alpha value is -3.74. The van der Waals surface area contributed by atoms with Gasteiger partial charge in [0.15, 0.2) is 17.3 Å². The molecule has 18 heteroatoms. The number of sulfonamides is 1. The normalized spacial score (nSPS) is 21.4. The number of hydrogen-bond acceptors (Lipinski definition) is 14. The van der Waals surface area contributed by atoms with Crippen LogP contribution in [0.4, 0.5) is 16.3 Å². The summed E-state index contributed by atoms with van der Waals surface area (Å²) in [6.07, 6.45) is 2.16. The summed E-state index contributed by atoms with van der Waals surface area (Å²) in [5.74, 6) is -0.184. The van der Waals surface area contributed by atoms with Gasteiger partial charge in [-0.25, -0.2) is 22.8 Å². The van der Waals surface area contributed by atoms with Crippen molar-refractivity contribution in [3.8, 4) is 17.4 Å². The van der Waals surface area contributed by atoms with Crippen molar-refractivity contribution in [2.45, 2.75) is 43.8 Å². The molecule has 2 saturated heterocycles. The van der Waals surface area contributed by atoms with E-state index >= 15 is 0 Å². The SMILES string of the molecule is COc1ncnc(OC)c1-n1c(NS(=O)(=O)C2C[C@H](OC(C)C)CN(c3ncc(F)cn3)C2)nnc1[C@@H]1COCCO1. The average Bonchev–Trinajstić information content (AvgIpc) is 3.39. The van der Waals surface area contributed by atoms with Gasteiger partial charge in [-0.3, -0.25) is 9.29 Å². The first-order chi connectivity index (χ1) is 20.2. The molecular weight excluding hydrogens is 577 g/mol. The number of ether oxygens (including phenoxy) is 5. The van der Waals surface area contributed by atoms with Gasteiger partial charge in [0.05, 0.1) is 58.6 Å². The number of halogens is 1. The van der Waals surface area contributed by atoms with Crippen molar-refractivity contribution in [3.63, 3.8) is 0 Å². The Morgan fingerprint density at radius 3 is 2.38 bits per heavy atom. The van der Waals surface area contributed by atoms with Crippen LogP contribution in [0.25, 0.3) is 5.69 Å². The lowest BCUT2D eigenvalue weighted by Gasteiger charge is -2.37. The Balaban J connectivity index is 1.53. The van der Waals surface area contributed by atoms with Crippen LogP contribution in [0.1, 0.15) is 32.2 Å². The van der Waals surface area contributed by atoms with E-state index in [1.165, 1.54) is 25.1 Å². The topological polar surface area (TPSA) is 178 Å². The van der Waals surface area contributed by atoms with E-state index in [0.717, 1.165) is 12.4 Å². The number of rotatable bonds is 10. The summed E-state index contributed by atoms with van der Waals surface area (Å²) in [5, 5.41) is 7.41. The van der Waals surface area contributed by atoms with Crippen LogP contribution >= 0.6 is 0 Å². The fourth-order valence-corrected chi connectivity index (χ4v) is 6.22. The predicted octanol–water partition coefficient (Wildman–Crippen LogP) is 0.906. The molecule has 1 unspecified atom stereocenters. The van der Waals surface area contributed by atoms with Crippen molar-refractivity contribution < 1.29 is 36.5 Å². The Morgan fingerprint density at radius 1 is 1.05 bits per heavy atom. The maximum atomic E-state index is 14.0. The summed E-state index contributed by atoms with van der Waals surface area (Å²) >= 11 is 0. The molecular formula is C24H32FN9O7S. The second-order valence-corrected chi connectivity index (χ2v) is 11.8. The Bertz CT molecular complexity index is 1450. The molecule has 5 rings (SSSR count). The second kappa shape index (κ2) is 12.6. The van der Waals surface area contributed by atoms with E-state index in [1.807, 2.05) is 13.8 Å². The van der Waals surface area contributed by atoms with Crippen molar-refractivity contribution in [3.05, 3.63) is 30.4 Å². The van der Waals surface area contributed by atoms with Crippen LogP contribution in [0, 0.1) is 5.82 Å². The highest BCUT2D eigenvalue weighted by Crippen LogP contribution is 2.35. The molecule has 0 radical (unpaired) electrons. The summed E-state index contributed by atoms with van der Waals surface area (Å²) in [6, 6.07) is 0. The van der Waals surface area contributed by atoms with E-state index in [-0.39, 0.29) is 60.8 Å². The quantitative estimate of drug-likeness (QED) is 0.343. The number of anilines is 2. The summed E-state index contributed by atoms with van der Waals surface area (Å²) in [7, 11) is -1.35. The molecule has 0 bridgehead atoms. The van der Waals surface area contributed by atoms with Crippen LogP contribution in [0.3, 0.4) is 0 Å². The highest BCUT2D eigenvalue weighted by molar-refractivity contribution is 7.93. The number of nitrogens with one attached hydrogen (secondary N) is 1. The van der Waals surface area contributed by atoms with Gasteiger partial charge < -0.3 is 28.6 Å². The highest BCUT2D eigenvalue weighted by Gasteiger charge is 2.39. The van der Waals surface area contributed by atoms with Crippen LogP contribution < -0.4 is 19.1 Å². The number of methoxy groups -OCH3 is 2. The highest BCUT2D eigenvalue weighted by atomic mass is 32.2. The Labute approximate surface area is 241 Å². The molecule has 0 spiro atoms. The van der Waals surface area contributed by atoms with E-state index in [4.69, 9.17) is 23.7 Å². The lowest BCUT2D eigenvalue weighted by molar-refractivity contribution is -0.0941. The van der Waals surface area contributed by atoms with E-state index in [2.05, 4.69) is 34.9 Å². The van der Waals surface area contributed by atoms with Gasteiger partial charge >= 0.3 is 0 Å². The van der Waals surface area contributed by atoms with E-state index in [1.54, 1.807) is 4.90 Å². The van der Waals surface area contributed by atoms with Crippen LogP contribution in [-0.2, 0) is 24.2 Å². The standard InChI is InChI=1S/C24H32FN9O7S/c1-14(2)41-16-7-17(11-33(10-16)23-26-8-15(25)9-27-23)42(35,36)32-24-31-30-20(18-12-39-5-6-40-18)34(24)19-21(37-3)28-13-29-22(19)38-4/h8-9,13-14,16-18H,5-7,10-12H2,1-4H3,(H,31,32)/t16-,17?,18-/m0/s1. The fourth-order valence-electron chi connectivity index (χ4n) is 4.83. The van der Waals surface area contributed by atoms with Crippen molar-refractivity contribution in [1.82, 2.24) is 34.7 Å². The van der Waals surface area contributed by atoms with Crippen molar-refractivity contribution in [2.75, 3.05) is 56.8 Å². The van der Waals surface area contributed by atoms with Crippen molar-refractivity contribution in [2.24, 2.45) is 0 Å². The molecule has 5 heterocycles. The van der Waals surface area contributed by atoms with Crippen LogP contribution in [0.15, 0.2) is 18.7 Å². The van der Waals surface area contributed by atoms with Crippen LogP contribution in [0.5, 0.6) is 11.8 Å². The van der Waals surface area contributed by atoms with Crippen LogP contribution in [-0.4, -0.2) is 108 Å². The zero-order chi connectivity index (χ0) is 29.9. The van der Waals surface area contributed by atoms with Crippen molar-refractivity contribution in [1.29, 1.82) is 0 Å². The van der Waals surface area contributed by atoms with Gasteiger partial charge in [-0.05, 0) is 20.3 Å².